The first-order chi connectivity index (χ1) is 68.0. The monoisotopic (exact) mass is 1920 g/mol. The van der Waals surface area contributed by atoms with Gasteiger partial charge in [0.15, 0.2) is 17.3 Å². The third kappa shape index (κ3) is 27.5. The van der Waals surface area contributed by atoms with Crippen LogP contribution in [0.1, 0.15) is 147 Å². The number of aromatic nitrogens is 1. The summed E-state index contributed by atoms with van der Waals surface area (Å²) in [4.78, 5) is 150. The number of aldehydes is 1. The second kappa shape index (κ2) is 49.5. The van der Waals surface area contributed by atoms with Gasteiger partial charge in [-0.15, -0.1) is 0 Å². The van der Waals surface area contributed by atoms with E-state index in [1.165, 1.54) is 109 Å². The number of non-ortho nitro benzene ring substituents is 2. The lowest BCUT2D eigenvalue weighted by Crippen LogP contribution is -2.19. The number of benzene rings is 13. The number of aromatic carboxylic acids is 2. The second-order valence-corrected chi connectivity index (χ2v) is 29.5. The van der Waals surface area contributed by atoms with E-state index in [1.807, 2.05) is 84.9 Å². The van der Waals surface area contributed by atoms with Crippen LogP contribution in [0.25, 0.3) is 32.3 Å². The minimum Gasteiger partial charge on any atom is -0.478 e. The number of carbonyl (C=O) groups excluding carboxylic acids is 9. The lowest BCUT2D eigenvalue weighted by Gasteiger charge is -2.14. The Balaban J connectivity index is 0.000000178. The number of carboxylic acids is 2. The van der Waals surface area contributed by atoms with Gasteiger partial charge in [-0.2, -0.15) is 47.9 Å². The Labute approximate surface area is 800 Å². The van der Waals surface area contributed by atoms with Crippen LogP contribution in [0.15, 0.2) is 356 Å². The summed E-state index contributed by atoms with van der Waals surface area (Å²) in [6.07, 6.45) is -2.29. The molecule has 0 bridgehead atoms. The van der Waals surface area contributed by atoms with Crippen molar-refractivity contribution in [1.29, 1.82) is 31.6 Å². The molecule has 4 aliphatic rings. The molecule has 18 rings (SSSR count). The van der Waals surface area contributed by atoms with Crippen LogP contribution in [0, 0.1) is 101 Å². The fourth-order valence-corrected chi connectivity index (χ4v) is 13.6. The lowest BCUT2D eigenvalue weighted by atomic mass is 9.97. The molecular weight excluding hydrogens is 1870 g/mol. The Morgan fingerprint density at radius 1 is 0.458 bits per heavy atom. The number of hydrogen-bond acceptors (Lipinski definition) is 28. The van der Waals surface area contributed by atoms with Crippen LogP contribution in [-0.2, 0) is 30.0 Å². The summed E-state index contributed by atoms with van der Waals surface area (Å²) in [5, 5.41) is 91.0. The normalized spacial score (nSPS) is 11.4. The molecule has 14 aromatic rings. The molecule has 2 N–H and O–H groups in total. The van der Waals surface area contributed by atoms with Crippen molar-refractivity contribution in [3.63, 3.8) is 0 Å². The van der Waals surface area contributed by atoms with Gasteiger partial charge in [-0.05, 0) is 155 Å². The minimum absolute atomic E-state index is 0.0278. The Morgan fingerprint density at radius 2 is 0.930 bits per heavy atom. The SMILES string of the molecule is N#CC(C#N)=C1C(=O)c2ccccc2C1=O.N#Cc1cccc(C=O)c1.N#Cc1cccnc1C#N.O=C(O)c1cccc(C(F)(F)F)c1.O=C(O)c1cccc(F)c1.O=C(OC(=O)c1ccc([N+](=O)[O-])cc1)c1ccccc1.O=C(Oc1ccccc1)c1cccc([N+](=O)[O-])c1.O=C1OC(=O)c2cccc3cccc1c23.O=C1OS(=O)(=O)c2ccccc21.[C-]#[N+]C(C#N)=C1c2ccccc2-c2ccccc21. The van der Waals surface area contributed by atoms with Crippen molar-refractivity contribution >= 4 is 103 Å². The van der Waals surface area contributed by atoms with E-state index in [0.717, 1.165) is 63.8 Å². The molecule has 0 saturated carbocycles. The smallest absolute Gasteiger partial charge is 0.416 e. The maximum atomic E-state index is 12.3. The van der Waals surface area contributed by atoms with Crippen LogP contribution in [0.5, 0.6) is 5.75 Å². The fourth-order valence-electron chi connectivity index (χ4n) is 12.6. The summed E-state index contributed by atoms with van der Waals surface area (Å²) in [7, 11) is -3.80. The van der Waals surface area contributed by atoms with Gasteiger partial charge in [0, 0.05) is 58.1 Å². The number of hydrogen-bond donors (Lipinski definition) is 2. The molecule has 2 aliphatic carbocycles. The molecule has 0 radical (unpaired) electrons. The summed E-state index contributed by atoms with van der Waals surface area (Å²) in [5.41, 5.74) is 6.28. The standard InChI is InChI=1S/C16H8N2.C14H9NO5.C13H9NO4.C12H4N2O2.C12H6O3.C8H5F3O2.C8H5NO.C7H5FO2.C7H3N3.C7H4O4S/c1-18-15(10-17)16-13-8-4-2-6-11(13)12-7-3-5-9-14(12)16;16-13(10-4-2-1-3-5-10)20-14(17)11-6-8-12(9-7-11)15(18)19;15-13(18-12-7-2-1-3-8-12)10-5-4-6-11(9-10)14(16)17;13-5-7(6-14)10-11(15)8-3-1-2-4-9(8)12(10)16;13-11-8-5-1-3-7-4-2-6-9(10(7)8)12(14)15-11;9-8(10,11)6-3-1-2-5(4-6)7(12)13;9-5-7-2-1-3-8(4-7)6-10;8-6-3-1-2-5(4-6)7(9)10;8-4-6-2-1-3-10-7(6)5-9;8-7-5-3-1-2-4-6(5)12(9,10)11-7/h2-9H;1-9H;1-9H;1-4H;1-6H;1-4H,(H,12,13);1-4,6H;1-4H,(H,9,10);1-3H;1-4H. The molecule has 38 heteroatoms. The molecule has 2 aliphatic heterocycles. The number of carbonyl (C=O) groups is 11. The Bertz CT molecular complexity index is 7690. The van der Waals surface area contributed by atoms with Gasteiger partial charge in [0.2, 0.25) is 0 Å². The van der Waals surface area contributed by atoms with E-state index in [9.17, 15) is 98.9 Å². The first-order valence-corrected chi connectivity index (χ1v) is 41.4. The molecule has 3 heterocycles. The first kappa shape index (κ1) is 105. The number of cyclic esters (lactones) is 2. The number of alkyl halides is 3. The number of ether oxygens (including phenoxy) is 3. The van der Waals surface area contributed by atoms with Gasteiger partial charge in [-0.3, -0.25) is 34.6 Å². The molecule has 0 spiro atoms. The average molecular weight is 1920 g/mol. The Hall–Kier alpha value is -21.2. The van der Waals surface area contributed by atoms with Crippen LogP contribution >= 0.6 is 0 Å². The zero-order valence-corrected chi connectivity index (χ0v) is 73.0. The number of ketones is 2. The predicted molar refractivity (Wildman–Crippen MR) is 492 cm³/mol. The van der Waals surface area contributed by atoms with Crippen molar-refractivity contribution in [1.82, 2.24) is 4.98 Å². The molecule has 0 fully saturated rings. The van der Waals surface area contributed by atoms with Gasteiger partial charge in [0.05, 0.1) is 95.3 Å². The summed E-state index contributed by atoms with van der Waals surface area (Å²) in [6, 6.07) is 94.4. The van der Waals surface area contributed by atoms with Crippen LogP contribution in [0.4, 0.5) is 28.9 Å². The van der Waals surface area contributed by atoms with E-state index in [0.29, 0.717) is 45.0 Å². The van der Waals surface area contributed by atoms with Crippen molar-refractivity contribution in [3.8, 4) is 53.3 Å². The number of nitriles is 6. The van der Waals surface area contributed by atoms with E-state index >= 15 is 0 Å². The van der Waals surface area contributed by atoms with E-state index in [1.54, 1.807) is 146 Å². The zero-order chi connectivity index (χ0) is 103. The molecule has 696 valence electrons. The number of nitro benzene ring substituents is 2. The Morgan fingerprint density at radius 3 is 1.41 bits per heavy atom. The largest absolute Gasteiger partial charge is 0.478 e. The summed E-state index contributed by atoms with van der Waals surface area (Å²) in [6.45, 7) is 7.15. The van der Waals surface area contributed by atoms with Crippen molar-refractivity contribution < 1.29 is 117 Å². The molecular formula is C104H58F4N10O23S. The van der Waals surface area contributed by atoms with Crippen molar-refractivity contribution in [2.45, 2.75) is 11.1 Å². The maximum Gasteiger partial charge on any atom is 0.416 e. The summed E-state index contributed by atoms with van der Waals surface area (Å²) >= 11 is 0. The highest BCUT2D eigenvalue weighted by Crippen LogP contribution is 2.46. The molecule has 13 aromatic carbocycles. The topological polar surface area (TPSA) is 546 Å². The highest BCUT2D eigenvalue weighted by molar-refractivity contribution is 7.87. The third-order valence-corrected chi connectivity index (χ3v) is 20.3. The fraction of sp³-hybridized carbons (Fsp3) is 0.00962. The molecule has 142 heavy (non-hydrogen) atoms. The van der Waals surface area contributed by atoms with Gasteiger partial charge >= 0.3 is 64.0 Å². The Kier molecular flexibility index (Phi) is 36.5. The molecule has 0 atom stereocenters. The zero-order valence-electron chi connectivity index (χ0n) is 72.2. The number of para-hydroxylation sites is 1. The molecule has 1 aromatic heterocycles. The third-order valence-electron chi connectivity index (χ3n) is 19.0. The van der Waals surface area contributed by atoms with Crippen LogP contribution < -0.4 is 4.74 Å². The first-order valence-electron chi connectivity index (χ1n) is 40.0. The van der Waals surface area contributed by atoms with E-state index in [4.69, 9.17) is 53.1 Å². The predicted octanol–water partition coefficient (Wildman–Crippen LogP) is 19.5. The van der Waals surface area contributed by atoms with Crippen LogP contribution in [-0.4, -0.2) is 99.1 Å². The van der Waals surface area contributed by atoms with Gasteiger partial charge in [0.1, 0.15) is 52.6 Å². The molecule has 33 nitrogen and oxygen atoms in total. The van der Waals surface area contributed by atoms with E-state index < -0.39 is 102 Å². The molecule has 0 unspecified atom stereocenters. The van der Waals surface area contributed by atoms with Crippen molar-refractivity contribution in [2.75, 3.05) is 0 Å². The number of fused-ring (bicyclic) bond motifs is 5. The number of carboxylic acid groups (broad SMARTS) is 2. The minimum atomic E-state index is -4.49. The number of pyridine rings is 1. The van der Waals surface area contributed by atoms with Gasteiger partial charge in [-0.1, -0.05) is 176 Å². The van der Waals surface area contributed by atoms with E-state index in [-0.39, 0.29) is 77.7 Å². The lowest BCUT2D eigenvalue weighted by molar-refractivity contribution is -0.385. The number of rotatable bonds is 9. The summed E-state index contributed by atoms with van der Waals surface area (Å²) < 4.78 is 88.9. The maximum absolute atomic E-state index is 12.3. The number of esters is 5. The van der Waals surface area contributed by atoms with Gasteiger partial charge in [0.25, 0.3) is 17.1 Å². The van der Waals surface area contributed by atoms with Gasteiger partial charge < -0.3 is 28.6 Å². The molecule has 0 amide bonds. The summed E-state index contributed by atoms with van der Waals surface area (Å²) in [5.74, 6) is -7.87. The van der Waals surface area contributed by atoms with Crippen LogP contribution in [0.2, 0.25) is 0 Å². The number of allylic oxidation sites excluding steroid dienone is 3. The second-order valence-electron chi connectivity index (χ2n) is 28.0. The highest BCUT2D eigenvalue weighted by atomic mass is 32.2. The van der Waals surface area contributed by atoms with Crippen LogP contribution in [0.3, 0.4) is 0 Å². The number of Topliss-reactive ketones (excluding diaryl/α,β-unsaturated/α-hetero) is 2. The van der Waals surface area contributed by atoms with Crippen molar-refractivity contribution in [3.05, 3.63) is 483 Å². The number of halogens is 4. The van der Waals surface area contributed by atoms with Gasteiger partial charge in [-0.25, -0.2) is 57.8 Å². The quantitative estimate of drug-likeness (QED) is 0.0110. The highest BCUT2D eigenvalue weighted by Gasteiger charge is 2.37. The number of nitro groups is 2. The molecule has 0 saturated heterocycles. The van der Waals surface area contributed by atoms with Crippen molar-refractivity contribution in [2.24, 2.45) is 0 Å². The number of nitrogens with zero attached hydrogens (tertiary/aromatic N) is 10. The van der Waals surface area contributed by atoms with E-state index in [2.05, 4.69) is 23.5 Å². The average Bonchev–Trinajstić information content (AvgIpc) is 1.45.